The standard InChI is InChI=1S/C21H15ClFN3O3S/c1-13-24-19-5-3-2-4-17(19)21(27)26(13)15-8-11-18(22)20(12-15)25-30(28,29)16-9-6-14(23)7-10-16/h2-12,25H,1H3. The molecule has 0 saturated heterocycles. The molecule has 4 rings (SSSR count). The Morgan fingerprint density at radius 1 is 1.03 bits per heavy atom. The molecule has 0 aliphatic heterocycles. The van der Waals surface area contributed by atoms with E-state index in [1.807, 2.05) is 0 Å². The van der Waals surface area contributed by atoms with Gasteiger partial charge in [0.2, 0.25) is 0 Å². The highest BCUT2D eigenvalue weighted by Crippen LogP contribution is 2.27. The van der Waals surface area contributed by atoms with E-state index >= 15 is 0 Å². The molecule has 0 aliphatic carbocycles. The first-order valence-corrected chi connectivity index (χ1v) is 10.7. The number of aryl methyl sites for hydroxylation is 1. The summed E-state index contributed by atoms with van der Waals surface area (Å²) in [6.45, 7) is 1.69. The lowest BCUT2D eigenvalue weighted by Crippen LogP contribution is -2.22. The summed E-state index contributed by atoms with van der Waals surface area (Å²) in [6.07, 6.45) is 0. The number of rotatable bonds is 4. The first kappa shape index (κ1) is 20.1. The van der Waals surface area contributed by atoms with Gasteiger partial charge in [0.15, 0.2) is 0 Å². The van der Waals surface area contributed by atoms with E-state index in [4.69, 9.17) is 11.6 Å². The van der Waals surface area contributed by atoms with Gasteiger partial charge in [-0.1, -0.05) is 23.7 Å². The second-order valence-electron chi connectivity index (χ2n) is 6.54. The van der Waals surface area contributed by atoms with Crippen LogP contribution in [-0.2, 0) is 10.0 Å². The van der Waals surface area contributed by atoms with Crippen molar-refractivity contribution in [2.75, 3.05) is 4.72 Å². The monoisotopic (exact) mass is 443 g/mol. The third-order valence-electron chi connectivity index (χ3n) is 4.52. The van der Waals surface area contributed by atoms with Crippen LogP contribution in [0.4, 0.5) is 10.1 Å². The van der Waals surface area contributed by atoms with E-state index in [1.54, 1.807) is 37.3 Å². The van der Waals surface area contributed by atoms with E-state index in [1.165, 1.54) is 16.7 Å². The Labute approximate surface area is 176 Å². The summed E-state index contributed by atoms with van der Waals surface area (Å²) in [5.74, 6) is -0.110. The number of hydrogen-bond acceptors (Lipinski definition) is 4. The molecule has 0 saturated carbocycles. The summed E-state index contributed by atoms with van der Waals surface area (Å²) in [6, 6.07) is 15.9. The van der Waals surface area contributed by atoms with Crippen molar-refractivity contribution in [2.24, 2.45) is 0 Å². The number of fused-ring (bicyclic) bond motifs is 1. The highest BCUT2D eigenvalue weighted by Gasteiger charge is 2.17. The van der Waals surface area contributed by atoms with E-state index in [0.29, 0.717) is 22.4 Å². The zero-order valence-electron chi connectivity index (χ0n) is 15.6. The minimum Gasteiger partial charge on any atom is -0.278 e. The summed E-state index contributed by atoms with van der Waals surface area (Å²) in [7, 11) is -4.01. The first-order chi connectivity index (χ1) is 14.3. The predicted octanol–water partition coefficient (Wildman–Crippen LogP) is 4.29. The minimum absolute atomic E-state index is 0.0814. The third-order valence-corrected chi connectivity index (χ3v) is 6.23. The summed E-state index contributed by atoms with van der Waals surface area (Å²) >= 11 is 6.19. The maximum atomic E-state index is 13.1. The summed E-state index contributed by atoms with van der Waals surface area (Å²) in [5.41, 5.74) is 0.769. The molecule has 1 N–H and O–H groups in total. The van der Waals surface area contributed by atoms with Gasteiger partial charge in [-0.3, -0.25) is 14.1 Å². The van der Waals surface area contributed by atoms with Crippen LogP contribution in [0.5, 0.6) is 0 Å². The van der Waals surface area contributed by atoms with Crippen LogP contribution in [0.15, 0.2) is 76.4 Å². The molecule has 1 heterocycles. The van der Waals surface area contributed by atoms with Crippen molar-refractivity contribution in [3.8, 4) is 5.69 Å². The highest BCUT2D eigenvalue weighted by molar-refractivity contribution is 7.92. The van der Waals surface area contributed by atoms with Gasteiger partial charge in [-0.2, -0.15) is 0 Å². The fourth-order valence-corrected chi connectivity index (χ4v) is 4.39. The van der Waals surface area contributed by atoms with Gasteiger partial charge in [0.25, 0.3) is 15.6 Å². The molecule has 4 aromatic rings. The van der Waals surface area contributed by atoms with Crippen LogP contribution in [0.2, 0.25) is 5.02 Å². The predicted molar refractivity (Wildman–Crippen MR) is 114 cm³/mol. The van der Waals surface area contributed by atoms with E-state index in [2.05, 4.69) is 9.71 Å². The molecule has 0 unspecified atom stereocenters. The van der Waals surface area contributed by atoms with Crippen LogP contribution in [0, 0.1) is 12.7 Å². The number of hydrogen-bond donors (Lipinski definition) is 1. The normalized spacial score (nSPS) is 11.6. The second kappa shape index (κ2) is 7.55. The molecule has 0 amide bonds. The maximum absolute atomic E-state index is 13.1. The smallest absolute Gasteiger partial charge is 0.265 e. The van der Waals surface area contributed by atoms with Crippen molar-refractivity contribution in [3.63, 3.8) is 0 Å². The van der Waals surface area contributed by atoms with Crippen molar-refractivity contribution >= 4 is 38.2 Å². The molecular formula is C21H15ClFN3O3S. The molecular weight excluding hydrogens is 429 g/mol. The largest absolute Gasteiger partial charge is 0.278 e. The highest BCUT2D eigenvalue weighted by atomic mass is 35.5. The molecule has 9 heteroatoms. The second-order valence-corrected chi connectivity index (χ2v) is 8.63. The van der Waals surface area contributed by atoms with Crippen molar-refractivity contribution in [1.29, 1.82) is 0 Å². The molecule has 1 aromatic heterocycles. The zero-order chi connectivity index (χ0) is 21.5. The van der Waals surface area contributed by atoms with Crippen LogP contribution in [0.3, 0.4) is 0 Å². The molecule has 0 atom stereocenters. The fraction of sp³-hybridized carbons (Fsp3) is 0.0476. The summed E-state index contributed by atoms with van der Waals surface area (Å²) < 4.78 is 42.2. The lowest BCUT2D eigenvalue weighted by atomic mass is 10.2. The van der Waals surface area contributed by atoms with E-state index < -0.39 is 15.8 Å². The van der Waals surface area contributed by atoms with Crippen molar-refractivity contribution in [2.45, 2.75) is 11.8 Å². The van der Waals surface area contributed by atoms with Gasteiger partial charge in [0.05, 0.1) is 32.2 Å². The van der Waals surface area contributed by atoms with Crippen LogP contribution in [0.25, 0.3) is 16.6 Å². The van der Waals surface area contributed by atoms with Crippen molar-refractivity contribution < 1.29 is 12.8 Å². The van der Waals surface area contributed by atoms with Gasteiger partial charge in [0, 0.05) is 0 Å². The molecule has 6 nitrogen and oxygen atoms in total. The third kappa shape index (κ3) is 3.67. The van der Waals surface area contributed by atoms with Gasteiger partial charge in [-0.05, 0) is 61.5 Å². The zero-order valence-corrected chi connectivity index (χ0v) is 17.2. The number of anilines is 1. The molecule has 0 bridgehead atoms. The molecule has 152 valence electrons. The van der Waals surface area contributed by atoms with Crippen molar-refractivity contribution in [3.05, 3.63) is 93.7 Å². The quantitative estimate of drug-likeness (QED) is 0.510. The topological polar surface area (TPSA) is 81.1 Å². The van der Waals surface area contributed by atoms with Crippen molar-refractivity contribution in [1.82, 2.24) is 9.55 Å². The number of sulfonamides is 1. The average Bonchev–Trinajstić information content (AvgIpc) is 2.70. The van der Waals surface area contributed by atoms with Gasteiger partial charge in [0.1, 0.15) is 11.6 Å². The Hall–Kier alpha value is -3.23. The summed E-state index contributed by atoms with van der Waals surface area (Å²) in [5, 5.41) is 0.579. The SMILES string of the molecule is Cc1nc2ccccc2c(=O)n1-c1ccc(Cl)c(NS(=O)(=O)c2ccc(F)cc2)c1. The van der Waals surface area contributed by atoms with E-state index in [9.17, 15) is 17.6 Å². The Morgan fingerprint density at radius 2 is 1.73 bits per heavy atom. The Balaban J connectivity index is 1.81. The lowest BCUT2D eigenvalue weighted by Gasteiger charge is -2.14. The maximum Gasteiger partial charge on any atom is 0.265 e. The molecule has 3 aromatic carbocycles. The van der Waals surface area contributed by atoms with Gasteiger partial charge in [-0.15, -0.1) is 0 Å². The van der Waals surface area contributed by atoms with Gasteiger partial charge >= 0.3 is 0 Å². The summed E-state index contributed by atoms with van der Waals surface area (Å²) in [4.78, 5) is 17.3. The molecule has 0 fully saturated rings. The van der Waals surface area contributed by atoms with E-state index in [0.717, 1.165) is 24.3 Å². The number of aromatic nitrogens is 2. The molecule has 0 radical (unpaired) electrons. The number of benzene rings is 3. The van der Waals surface area contributed by atoms with Gasteiger partial charge < -0.3 is 0 Å². The van der Waals surface area contributed by atoms with Crippen LogP contribution < -0.4 is 10.3 Å². The molecule has 0 aliphatic rings. The number of para-hydroxylation sites is 1. The number of nitrogens with zero attached hydrogens (tertiary/aromatic N) is 2. The average molecular weight is 444 g/mol. The number of halogens is 2. The lowest BCUT2D eigenvalue weighted by molar-refractivity contribution is 0.599. The Morgan fingerprint density at radius 3 is 2.47 bits per heavy atom. The van der Waals surface area contributed by atoms with E-state index in [-0.39, 0.29) is 21.2 Å². The van der Waals surface area contributed by atoms with Gasteiger partial charge in [-0.25, -0.2) is 17.8 Å². The van der Waals surface area contributed by atoms with Crippen LogP contribution in [0.1, 0.15) is 5.82 Å². The minimum atomic E-state index is -4.01. The molecule has 0 spiro atoms. The fourth-order valence-electron chi connectivity index (χ4n) is 3.10. The van der Waals surface area contributed by atoms with Crippen LogP contribution in [-0.4, -0.2) is 18.0 Å². The first-order valence-electron chi connectivity index (χ1n) is 8.83. The van der Waals surface area contributed by atoms with Crippen LogP contribution >= 0.6 is 11.6 Å². The Bertz CT molecular complexity index is 1430. The Kier molecular flexibility index (Phi) is 5.05. The molecule has 30 heavy (non-hydrogen) atoms. The number of nitrogens with one attached hydrogen (secondary N) is 1.